The summed E-state index contributed by atoms with van der Waals surface area (Å²) in [7, 11) is 1.73. The number of carbonyl (C=O) groups is 2. The molecule has 2 heterocycles. The average molecular weight is 499 g/mol. The first-order chi connectivity index (χ1) is 17.2. The first kappa shape index (κ1) is 26.5. The van der Waals surface area contributed by atoms with Crippen LogP contribution < -0.4 is 10.6 Å². The van der Waals surface area contributed by atoms with Gasteiger partial charge in [0.15, 0.2) is 0 Å². The fourth-order valence-electron chi connectivity index (χ4n) is 4.93. The number of para-hydroxylation sites is 1. The maximum absolute atomic E-state index is 13.7. The highest BCUT2D eigenvalue weighted by molar-refractivity contribution is 5.85. The van der Waals surface area contributed by atoms with Crippen LogP contribution in [0.2, 0.25) is 0 Å². The van der Waals surface area contributed by atoms with Crippen LogP contribution in [0.4, 0.5) is 4.79 Å². The SMILES string of the molecule is COCCCn1cc(CN(C(=O)C2CNCC(NC(=O)OCC(C)(C)C)C2)C2CC2)c2ccccc21. The number of aryl methyl sites for hydroxylation is 1. The number of benzene rings is 1. The molecule has 2 unspecified atom stereocenters. The maximum atomic E-state index is 13.7. The molecule has 0 spiro atoms. The Morgan fingerprint density at radius 1 is 1.19 bits per heavy atom. The number of hydrogen-bond donors (Lipinski definition) is 2. The third-order valence-electron chi connectivity index (χ3n) is 6.89. The molecule has 0 bridgehead atoms. The van der Waals surface area contributed by atoms with Crippen molar-refractivity contribution in [3.05, 3.63) is 36.0 Å². The standard InChI is InChI=1S/C28H42N4O4/c1-28(2,3)19-36-27(34)30-22-14-20(15-29-16-22)26(33)32(23-10-11-23)18-21-17-31(12-7-13-35-4)25-9-6-5-8-24(21)25/h5-6,8-9,17,20,22-23,29H,7,10-16,18-19H2,1-4H3,(H,30,34). The normalized spacial score (nSPS) is 20.3. The second kappa shape index (κ2) is 11.6. The minimum Gasteiger partial charge on any atom is -0.449 e. The Kier molecular flexibility index (Phi) is 8.57. The number of fused-ring (bicyclic) bond motifs is 1. The van der Waals surface area contributed by atoms with Gasteiger partial charge in [-0.25, -0.2) is 4.79 Å². The Morgan fingerprint density at radius 3 is 2.69 bits per heavy atom. The van der Waals surface area contributed by atoms with Gasteiger partial charge in [-0.3, -0.25) is 4.79 Å². The van der Waals surface area contributed by atoms with Gasteiger partial charge in [0.05, 0.1) is 12.5 Å². The zero-order valence-electron chi connectivity index (χ0n) is 22.2. The zero-order chi connectivity index (χ0) is 25.7. The molecule has 2 atom stereocenters. The van der Waals surface area contributed by atoms with Crippen molar-refractivity contribution in [2.24, 2.45) is 11.3 Å². The summed E-state index contributed by atoms with van der Waals surface area (Å²) in [6.07, 6.45) is 5.47. The van der Waals surface area contributed by atoms with Crippen LogP contribution in [0.3, 0.4) is 0 Å². The summed E-state index contributed by atoms with van der Waals surface area (Å²) in [4.78, 5) is 28.1. The summed E-state index contributed by atoms with van der Waals surface area (Å²) in [6, 6.07) is 8.61. The highest BCUT2D eigenvalue weighted by Crippen LogP contribution is 2.33. The molecule has 1 saturated carbocycles. The number of methoxy groups -OCH3 is 1. The molecule has 0 radical (unpaired) electrons. The summed E-state index contributed by atoms with van der Waals surface area (Å²) in [6.45, 7) is 9.95. The lowest BCUT2D eigenvalue weighted by Gasteiger charge is -2.33. The van der Waals surface area contributed by atoms with Crippen molar-refractivity contribution >= 4 is 22.9 Å². The molecule has 1 aliphatic carbocycles. The summed E-state index contributed by atoms with van der Waals surface area (Å²) >= 11 is 0. The van der Waals surface area contributed by atoms with Crippen LogP contribution >= 0.6 is 0 Å². The van der Waals surface area contributed by atoms with Crippen molar-refractivity contribution in [1.82, 2.24) is 20.1 Å². The number of carbonyl (C=O) groups excluding carboxylic acids is 2. The summed E-state index contributed by atoms with van der Waals surface area (Å²) in [5, 5.41) is 7.51. The van der Waals surface area contributed by atoms with E-state index in [0.29, 0.717) is 38.7 Å². The van der Waals surface area contributed by atoms with E-state index in [4.69, 9.17) is 9.47 Å². The maximum Gasteiger partial charge on any atom is 0.407 e. The van der Waals surface area contributed by atoms with Crippen LogP contribution in [-0.4, -0.2) is 67.0 Å². The smallest absolute Gasteiger partial charge is 0.407 e. The van der Waals surface area contributed by atoms with Crippen molar-refractivity contribution in [1.29, 1.82) is 0 Å². The lowest BCUT2D eigenvalue weighted by molar-refractivity contribution is -0.137. The molecule has 8 nitrogen and oxygen atoms in total. The summed E-state index contributed by atoms with van der Waals surface area (Å²) < 4.78 is 12.9. The van der Waals surface area contributed by atoms with E-state index in [2.05, 4.69) is 50.6 Å². The fourth-order valence-corrected chi connectivity index (χ4v) is 4.93. The van der Waals surface area contributed by atoms with Gasteiger partial charge >= 0.3 is 6.09 Å². The number of rotatable bonds is 10. The lowest BCUT2D eigenvalue weighted by atomic mass is 9.94. The molecule has 2 aromatic rings. The van der Waals surface area contributed by atoms with E-state index < -0.39 is 6.09 Å². The van der Waals surface area contributed by atoms with Gasteiger partial charge in [0.25, 0.3) is 0 Å². The predicted octanol–water partition coefficient (Wildman–Crippen LogP) is 3.92. The molecule has 1 aliphatic heterocycles. The highest BCUT2D eigenvalue weighted by atomic mass is 16.5. The average Bonchev–Trinajstić information content (AvgIpc) is 3.63. The van der Waals surface area contributed by atoms with E-state index in [1.54, 1.807) is 7.11 Å². The molecule has 2 fully saturated rings. The number of nitrogens with one attached hydrogen (secondary N) is 2. The Balaban J connectivity index is 1.42. The van der Waals surface area contributed by atoms with Crippen molar-refractivity contribution < 1.29 is 19.1 Å². The van der Waals surface area contributed by atoms with Gasteiger partial charge in [0.2, 0.25) is 5.91 Å². The van der Waals surface area contributed by atoms with E-state index >= 15 is 0 Å². The van der Waals surface area contributed by atoms with Gasteiger partial charge in [-0.1, -0.05) is 39.0 Å². The number of nitrogens with zero attached hydrogens (tertiary/aromatic N) is 2. The number of ether oxygens (including phenoxy) is 2. The lowest BCUT2D eigenvalue weighted by Crippen LogP contribution is -2.53. The Morgan fingerprint density at radius 2 is 1.97 bits per heavy atom. The fraction of sp³-hybridized carbons (Fsp3) is 0.643. The van der Waals surface area contributed by atoms with Crippen LogP contribution in [0.1, 0.15) is 52.0 Å². The monoisotopic (exact) mass is 498 g/mol. The van der Waals surface area contributed by atoms with Gasteiger partial charge in [-0.2, -0.15) is 0 Å². The van der Waals surface area contributed by atoms with Crippen molar-refractivity contribution in [2.45, 2.75) is 71.6 Å². The first-order valence-corrected chi connectivity index (χ1v) is 13.3. The molecule has 2 amide bonds. The highest BCUT2D eigenvalue weighted by Gasteiger charge is 2.38. The zero-order valence-corrected chi connectivity index (χ0v) is 22.2. The van der Waals surface area contributed by atoms with Crippen LogP contribution in [0.25, 0.3) is 10.9 Å². The Bertz CT molecular complexity index is 1040. The van der Waals surface area contributed by atoms with Crippen molar-refractivity contribution in [2.75, 3.05) is 33.4 Å². The van der Waals surface area contributed by atoms with Crippen LogP contribution in [-0.2, 0) is 27.4 Å². The third-order valence-corrected chi connectivity index (χ3v) is 6.89. The van der Waals surface area contributed by atoms with Crippen LogP contribution in [0.5, 0.6) is 0 Å². The van der Waals surface area contributed by atoms with Gasteiger partial charge in [0.1, 0.15) is 0 Å². The molecular weight excluding hydrogens is 456 g/mol. The van der Waals surface area contributed by atoms with Crippen LogP contribution in [0.15, 0.2) is 30.5 Å². The Labute approximate surface area is 214 Å². The molecule has 1 aromatic heterocycles. The molecule has 2 N–H and O–H groups in total. The summed E-state index contributed by atoms with van der Waals surface area (Å²) in [5.74, 6) is 0.0121. The number of amides is 2. The molecule has 1 saturated heterocycles. The number of hydrogen-bond acceptors (Lipinski definition) is 5. The van der Waals surface area contributed by atoms with E-state index in [0.717, 1.165) is 32.4 Å². The second-order valence-electron chi connectivity index (χ2n) is 11.5. The van der Waals surface area contributed by atoms with Gasteiger partial charge in [-0.05, 0) is 42.7 Å². The second-order valence-corrected chi connectivity index (χ2v) is 11.5. The minimum atomic E-state index is -0.412. The van der Waals surface area contributed by atoms with Gasteiger partial charge in [-0.15, -0.1) is 0 Å². The topological polar surface area (TPSA) is 84.8 Å². The molecular formula is C28H42N4O4. The molecule has 8 heteroatoms. The molecule has 4 rings (SSSR count). The van der Waals surface area contributed by atoms with Crippen molar-refractivity contribution in [3.63, 3.8) is 0 Å². The predicted molar refractivity (Wildman–Crippen MR) is 141 cm³/mol. The number of alkyl carbamates (subject to hydrolysis) is 1. The van der Waals surface area contributed by atoms with Crippen molar-refractivity contribution in [3.8, 4) is 0 Å². The van der Waals surface area contributed by atoms with E-state index in [1.165, 1.54) is 16.5 Å². The van der Waals surface area contributed by atoms with Gasteiger partial charge < -0.3 is 29.6 Å². The molecule has 1 aromatic carbocycles. The largest absolute Gasteiger partial charge is 0.449 e. The minimum absolute atomic E-state index is 0.0850. The van der Waals surface area contributed by atoms with E-state index in [1.807, 2.05) is 20.8 Å². The Hall–Kier alpha value is -2.58. The first-order valence-electron chi connectivity index (χ1n) is 13.3. The van der Waals surface area contributed by atoms with E-state index in [9.17, 15) is 9.59 Å². The quantitative estimate of drug-likeness (QED) is 0.485. The summed E-state index contributed by atoms with van der Waals surface area (Å²) in [5.41, 5.74) is 2.30. The van der Waals surface area contributed by atoms with E-state index in [-0.39, 0.29) is 23.3 Å². The number of aromatic nitrogens is 1. The third kappa shape index (κ3) is 7.01. The van der Waals surface area contributed by atoms with Crippen LogP contribution in [0, 0.1) is 11.3 Å². The molecule has 198 valence electrons. The molecule has 36 heavy (non-hydrogen) atoms. The van der Waals surface area contributed by atoms with Gasteiger partial charge in [0, 0.05) is 69.1 Å². The molecule has 2 aliphatic rings. The number of piperidine rings is 1.